The molecule has 5 nitrogen and oxygen atoms in total. The summed E-state index contributed by atoms with van der Waals surface area (Å²) in [4.78, 5) is 26.4. The number of hydrogen-bond acceptors (Lipinski definition) is 3. The highest BCUT2D eigenvalue weighted by Crippen LogP contribution is 2.21. The maximum atomic E-state index is 11.8. The molecular weight excluding hydrogens is 291 g/mol. The van der Waals surface area contributed by atoms with Crippen molar-refractivity contribution in [1.82, 2.24) is 10.3 Å². The second-order valence-electron chi connectivity index (χ2n) is 4.69. The number of halogens is 2. The van der Waals surface area contributed by atoms with E-state index in [1.165, 1.54) is 12.3 Å². The van der Waals surface area contributed by atoms with E-state index in [0.29, 0.717) is 6.42 Å². The number of carboxylic acid groups (broad SMARTS) is 1. The quantitative estimate of drug-likeness (QED) is 0.820. The predicted molar refractivity (Wildman–Crippen MR) is 72.6 cm³/mol. The van der Waals surface area contributed by atoms with Gasteiger partial charge in [-0.2, -0.15) is 0 Å². The molecule has 7 heteroatoms. The van der Waals surface area contributed by atoms with Crippen LogP contribution >= 0.6 is 23.2 Å². The lowest BCUT2D eigenvalue weighted by Crippen LogP contribution is -2.32. The van der Waals surface area contributed by atoms with Crippen LogP contribution in [0.2, 0.25) is 10.2 Å². The number of rotatable bonds is 5. The number of nitrogens with zero attached hydrogens (tertiary/aromatic N) is 1. The molecule has 1 aromatic rings. The monoisotopic (exact) mass is 304 g/mol. The molecular formula is C12H14Cl2N2O3. The molecule has 0 fully saturated rings. The van der Waals surface area contributed by atoms with E-state index in [0.717, 1.165) is 0 Å². The summed E-state index contributed by atoms with van der Waals surface area (Å²) in [6.45, 7) is 3.45. The zero-order valence-corrected chi connectivity index (χ0v) is 12.0. The van der Waals surface area contributed by atoms with Crippen molar-refractivity contribution in [2.75, 3.05) is 6.54 Å². The molecule has 0 aliphatic heterocycles. The van der Waals surface area contributed by atoms with E-state index in [1.807, 2.05) is 0 Å². The summed E-state index contributed by atoms with van der Waals surface area (Å²) in [7, 11) is 0. The molecule has 0 aliphatic rings. The second-order valence-corrected chi connectivity index (χ2v) is 5.46. The number of amides is 1. The standard InChI is InChI=1S/C12H14Cl2N2O3/c1-12(2,11(18)19)3-4-15-10(17)7-5-8(13)9(14)16-6-7/h5-6H,3-4H2,1-2H3,(H,15,17)(H,18,19). The molecule has 1 heterocycles. The van der Waals surface area contributed by atoms with Crippen LogP contribution in [0, 0.1) is 5.41 Å². The van der Waals surface area contributed by atoms with Crippen molar-refractivity contribution >= 4 is 35.1 Å². The molecule has 0 saturated heterocycles. The van der Waals surface area contributed by atoms with E-state index in [2.05, 4.69) is 10.3 Å². The Bertz CT molecular complexity index is 504. The van der Waals surface area contributed by atoms with Crippen LogP contribution in [0.5, 0.6) is 0 Å². The van der Waals surface area contributed by atoms with Gasteiger partial charge in [-0.1, -0.05) is 23.2 Å². The Labute approximate surface area is 120 Å². The van der Waals surface area contributed by atoms with Gasteiger partial charge in [0.15, 0.2) is 0 Å². The van der Waals surface area contributed by atoms with Crippen molar-refractivity contribution < 1.29 is 14.7 Å². The molecule has 19 heavy (non-hydrogen) atoms. The molecule has 104 valence electrons. The highest BCUT2D eigenvalue weighted by atomic mass is 35.5. The summed E-state index contributed by atoms with van der Waals surface area (Å²) >= 11 is 11.4. The van der Waals surface area contributed by atoms with Crippen molar-refractivity contribution in [2.45, 2.75) is 20.3 Å². The molecule has 0 bridgehead atoms. The van der Waals surface area contributed by atoms with E-state index >= 15 is 0 Å². The molecule has 2 N–H and O–H groups in total. The maximum absolute atomic E-state index is 11.8. The van der Waals surface area contributed by atoms with Crippen molar-refractivity contribution in [2.24, 2.45) is 5.41 Å². The number of nitrogens with one attached hydrogen (secondary N) is 1. The molecule has 0 spiro atoms. The van der Waals surface area contributed by atoms with Crippen molar-refractivity contribution in [3.8, 4) is 0 Å². The predicted octanol–water partition coefficient (Wildman–Crippen LogP) is 2.62. The molecule has 1 aromatic heterocycles. The van der Waals surface area contributed by atoms with Gasteiger partial charge >= 0.3 is 5.97 Å². The topological polar surface area (TPSA) is 79.3 Å². The first-order valence-electron chi connectivity index (χ1n) is 5.56. The van der Waals surface area contributed by atoms with E-state index < -0.39 is 11.4 Å². The Morgan fingerprint density at radius 3 is 2.58 bits per heavy atom. The first-order chi connectivity index (χ1) is 8.74. The zero-order valence-electron chi connectivity index (χ0n) is 10.5. The number of pyridine rings is 1. The van der Waals surface area contributed by atoms with Crippen molar-refractivity contribution in [3.63, 3.8) is 0 Å². The number of carbonyl (C=O) groups is 2. The summed E-state index contributed by atoms with van der Waals surface area (Å²) in [5.74, 6) is -1.27. The summed E-state index contributed by atoms with van der Waals surface area (Å²) in [5, 5.41) is 11.9. The molecule has 1 rings (SSSR count). The van der Waals surface area contributed by atoms with Crippen LogP contribution < -0.4 is 5.32 Å². The van der Waals surface area contributed by atoms with E-state index in [-0.39, 0.29) is 28.2 Å². The van der Waals surface area contributed by atoms with Crippen LogP contribution in [0.1, 0.15) is 30.6 Å². The Balaban J connectivity index is 2.57. The summed E-state index contributed by atoms with van der Waals surface area (Å²) in [6.07, 6.45) is 1.63. The Morgan fingerprint density at radius 1 is 1.42 bits per heavy atom. The van der Waals surface area contributed by atoms with Crippen LogP contribution in [0.3, 0.4) is 0 Å². The normalized spacial score (nSPS) is 11.2. The van der Waals surface area contributed by atoms with Gasteiger partial charge in [0.25, 0.3) is 5.91 Å². The SMILES string of the molecule is CC(C)(CCNC(=O)c1cnc(Cl)c(Cl)c1)C(=O)O. The van der Waals surface area contributed by atoms with Crippen LogP contribution in [-0.2, 0) is 4.79 Å². The lowest BCUT2D eigenvalue weighted by atomic mass is 9.90. The molecule has 0 radical (unpaired) electrons. The van der Waals surface area contributed by atoms with E-state index in [9.17, 15) is 9.59 Å². The molecule has 0 atom stereocenters. The minimum absolute atomic E-state index is 0.130. The molecule has 0 aliphatic carbocycles. The van der Waals surface area contributed by atoms with Crippen LogP contribution in [0.4, 0.5) is 0 Å². The molecule has 0 unspecified atom stereocenters. The minimum atomic E-state index is -0.905. The maximum Gasteiger partial charge on any atom is 0.309 e. The number of aliphatic carboxylic acids is 1. The van der Waals surface area contributed by atoms with Gasteiger partial charge in [0.05, 0.1) is 16.0 Å². The van der Waals surface area contributed by atoms with E-state index in [4.69, 9.17) is 28.3 Å². The number of hydrogen-bond donors (Lipinski definition) is 2. The van der Waals surface area contributed by atoms with Gasteiger partial charge in [-0.15, -0.1) is 0 Å². The fourth-order valence-corrected chi connectivity index (χ4v) is 1.51. The Hall–Kier alpha value is -1.33. The van der Waals surface area contributed by atoms with Crippen molar-refractivity contribution in [1.29, 1.82) is 0 Å². The highest BCUT2D eigenvalue weighted by Gasteiger charge is 2.26. The van der Waals surface area contributed by atoms with Gasteiger partial charge in [-0.05, 0) is 26.3 Å². The largest absolute Gasteiger partial charge is 0.481 e. The minimum Gasteiger partial charge on any atom is -0.481 e. The van der Waals surface area contributed by atoms with Gasteiger partial charge < -0.3 is 10.4 Å². The fourth-order valence-electron chi connectivity index (χ4n) is 1.24. The third kappa shape index (κ3) is 4.36. The van der Waals surface area contributed by atoms with Gasteiger partial charge in [-0.3, -0.25) is 9.59 Å². The fraction of sp³-hybridized carbons (Fsp3) is 0.417. The van der Waals surface area contributed by atoms with Crippen LogP contribution in [0.15, 0.2) is 12.3 Å². The summed E-state index contributed by atoms with van der Waals surface area (Å²) < 4.78 is 0. The highest BCUT2D eigenvalue weighted by molar-refractivity contribution is 6.41. The van der Waals surface area contributed by atoms with Gasteiger partial charge in [0.1, 0.15) is 5.15 Å². The third-order valence-electron chi connectivity index (χ3n) is 2.67. The lowest BCUT2D eigenvalue weighted by molar-refractivity contribution is -0.147. The summed E-state index contributed by atoms with van der Waals surface area (Å²) in [6, 6.07) is 1.41. The van der Waals surface area contributed by atoms with Crippen molar-refractivity contribution in [3.05, 3.63) is 28.0 Å². The first kappa shape index (κ1) is 15.7. The van der Waals surface area contributed by atoms with Gasteiger partial charge in [0, 0.05) is 12.7 Å². The molecule has 1 amide bonds. The van der Waals surface area contributed by atoms with Gasteiger partial charge in [-0.25, -0.2) is 4.98 Å². The van der Waals surface area contributed by atoms with Crippen LogP contribution in [0.25, 0.3) is 0 Å². The smallest absolute Gasteiger partial charge is 0.309 e. The van der Waals surface area contributed by atoms with Gasteiger partial charge in [0.2, 0.25) is 0 Å². The lowest BCUT2D eigenvalue weighted by Gasteiger charge is -2.18. The Morgan fingerprint density at radius 2 is 2.05 bits per heavy atom. The third-order valence-corrected chi connectivity index (χ3v) is 3.36. The number of aromatic nitrogens is 1. The summed E-state index contributed by atoms with van der Waals surface area (Å²) in [5.41, 5.74) is -0.606. The molecule has 0 aromatic carbocycles. The van der Waals surface area contributed by atoms with E-state index in [1.54, 1.807) is 13.8 Å². The first-order valence-corrected chi connectivity index (χ1v) is 6.32. The average Bonchev–Trinajstić information content (AvgIpc) is 2.32. The average molecular weight is 305 g/mol. The van der Waals surface area contributed by atoms with Crippen LogP contribution in [-0.4, -0.2) is 28.5 Å². The number of carbonyl (C=O) groups excluding carboxylic acids is 1. The number of carboxylic acids is 1. The second kappa shape index (κ2) is 6.21. The zero-order chi connectivity index (χ0) is 14.6. The molecule has 0 saturated carbocycles. The Kier molecular flexibility index (Phi) is 5.14.